The number of methoxy groups -OCH3 is 2. The first-order valence-corrected chi connectivity index (χ1v) is 19.1. The van der Waals surface area contributed by atoms with E-state index >= 15 is 0 Å². The Bertz CT molecular complexity index is 2260. The second kappa shape index (κ2) is 19.3. The topological polar surface area (TPSA) is 161 Å². The van der Waals surface area contributed by atoms with Gasteiger partial charge in [0.1, 0.15) is 10.7 Å². The smallest absolute Gasteiger partial charge is 0.341 e. The molecule has 0 saturated heterocycles. The maximum absolute atomic E-state index is 13.8. The molecule has 5 aromatic rings. The summed E-state index contributed by atoms with van der Waals surface area (Å²) >= 11 is 2.20. The van der Waals surface area contributed by atoms with E-state index < -0.39 is 34.8 Å². The summed E-state index contributed by atoms with van der Waals surface area (Å²) in [5.41, 5.74) is 2.27. The van der Waals surface area contributed by atoms with E-state index in [1.54, 1.807) is 118 Å². The highest BCUT2D eigenvalue weighted by Gasteiger charge is 2.28. The normalized spacial score (nSPS) is 11.5. The molecule has 0 aliphatic carbocycles. The number of rotatable bonds is 15. The number of carbonyl (C=O) groups excluding carboxylic acids is 5. The lowest BCUT2D eigenvalue weighted by atomic mass is 10.1. The van der Waals surface area contributed by atoms with Gasteiger partial charge in [0, 0.05) is 27.4 Å². The van der Waals surface area contributed by atoms with Gasteiger partial charge in [-0.1, -0.05) is 54.6 Å². The van der Waals surface area contributed by atoms with Crippen LogP contribution in [0, 0.1) is 6.92 Å². The monoisotopic (exact) mass is 792 g/mol. The summed E-state index contributed by atoms with van der Waals surface area (Å²) in [6.07, 6.45) is 1.50. The molecule has 0 aliphatic heterocycles. The maximum atomic E-state index is 13.8. The van der Waals surface area contributed by atoms with Crippen LogP contribution in [-0.4, -0.2) is 55.7 Å². The average molecular weight is 793 g/mol. The van der Waals surface area contributed by atoms with Crippen molar-refractivity contribution in [1.82, 2.24) is 5.32 Å². The molecule has 4 N–H and O–H groups in total. The molecule has 1 heterocycles. The Balaban J connectivity index is 1.34. The lowest BCUT2D eigenvalue weighted by molar-refractivity contribution is -0.115. The zero-order chi connectivity index (χ0) is 40.2. The van der Waals surface area contributed by atoms with Crippen molar-refractivity contribution in [3.8, 4) is 11.5 Å². The third-order valence-corrected chi connectivity index (χ3v) is 10.4. The molecule has 0 radical (unpaired) electrons. The van der Waals surface area contributed by atoms with Crippen LogP contribution in [0.5, 0.6) is 11.5 Å². The lowest BCUT2D eigenvalue weighted by Crippen LogP contribution is -2.30. The molecule has 4 amide bonds. The van der Waals surface area contributed by atoms with E-state index in [0.717, 1.165) is 11.3 Å². The minimum atomic E-state index is -0.679. The molecule has 14 heteroatoms. The van der Waals surface area contributed by atoms with Crippen molar-refractivity contribution in [3.05, 3.63) is 136 Å². The summed E-state index contributed by atoms with van der Waals surface area (Å²) in [5, 5.41) is 10.7. The number of hydrogen-bond acceptors (Lipinski definition) is 10. The summed E-state index contributed by atoms with van der Waals surface area (Å²) < 4.78 is 16.2. The van der Waals surface area contributed by atoms with Gasteiger partial charge in [-0.15, -0.1) is 23.1 Å². The van der Waals surface area contributed by atoms with Crippen LogP contribution in [0.2, 0.25) is 0 Å². The number of carbonyl (C=O) groups is 5. The molecule has 0 saturated carbocycles. The van der Waals surface area contributed by atoms with Gasteiger partial charge in [-0.3, -0.25) is 19.2 Å². The fourth-order valence-electron chi connectivity index (χ4n) is 5.42. The molecule has 12 nitrogen and oxygen atoms in total. The van der Waals surface area contributed by atoms with Gasteiger partial charge in [0.25, 0.3) is 17.7 Å². The van der Waals surface area contributed by atoms with E-state index in [9.17, 15) is 24.0 Å². The van der Waals surface area contributed by atoms with Crippen molar-refractivity contribution < 1.29 is 38.2 Å². The Morgan fingerprint density at radius 1 is 0.786 bits per heavy atom. The number of ether oxygens (including phenoxy) is 3. The molecule has 1 atom stereocenters. The summed E-state index contributed by atoms with van der Waals surface area (Å²) in [5.74, 6) is -1.79. The van der Waals surface area contributed by atoms with Crippen LogP contribution >= 0.6 is 23.1 Å². The van der Waals surface area contributed by atoms with Crippen LogP contribution in [0.4, 0.5) is 16.4 Å². The second-order valence-electron chi connectivity index (χ2n) is 12.0. The first-order chi connectivity index (χ1) is 27.0. The number of benzene rings is 4. The van der Waals surface area contributed by atoms with Crippen molar-refractivity contribution in [2.24, 2.45) is 0 Å². The molecular weight excluding hydrogens is 753 g/mol. The number of thiophene rings is 1. The molecule has 5 rings (SSSR count). The first kappa shape index (κ1) is 40.8. The van der Waals surface area contributed by atoms with Crippen molar-refractivity contribution in [2.75, 3.05) is 36.8 Å². The molecule has 4 aromatic carbocycles. The molecule has 1 unspecified atom stereocenters. The zero-order valence-electron chi connectivity index (χ0n) is 31.3. The Morgan fingerprint density at radius 2 is 1.46 bits per heavy atom. The number of nitrogens with one attached hydrogen (secondary N) is 4. The molecule has 0 bridgehead atoms. The highest BCUT2D eigenvalue weighted by Crippen LogP contribution is 2.36. The summed E-state index contributed by atoms with van der Waals surface area (Å²) in [7, 11) is 2.98. The minimum absolute atomic E-state index is 0.0586. The third-order valence-electron chi connectivity index (χ3n) is 8.14. The standard InChI is InChI=1S/C42H40N4O8S2/c1-6-54-42(51)34-25(2)36(40(50)43-29-18-11-8-12-19-29)56-41(34)46-37(47)26(3)55-31-21-14-20-30(24-31)44-39(49)32(45-38(48)27-15-9-7-10-16-27)23-28-17-13-22-33(52-4)35(28)53-5/h7-24,26H,6H2,1-5H3,(H,43,50)(H,44,49)(H,45,48)(H,46,47)/b32-23+. The van der Waals surface area contributed by atoms with E-state index in [2.05, 4.69) is 21.3 Å². The molecular formula is C42H40N4O8S2. The Morgan fingerprint density at radius 3 is 2.14 bits per heavy atom. The van der Waals surface area contributed by atoms with Gasteiger partial charge in [-0.05, 0) is 80.9 Å². The van der Waals surface area contributed by atoms with E-state index in [-0.39, 0.29) is 27.7 Å². The Labute approximate surface area is 332 Å². The summed E-state index contributed by atoms with van der Waals surface area (Å²) in [6.45, 7) is 5.11. The van der Waals surface area contributed by atoms with Crippen LogP contribution in [-0.2, 0) is 14.3 Å². The van der Waals surface area contributed by atoms with Crippen LogP contribution in [0.15, 0.2) is 114 Å². The quantitative estimate of drug-likeness (QED) is 0.0467. The van der Waals surface area contributed by atoms with Gasteiger partial charge < -0.3 is 35.5 Å². The van der Waals surface area contributed by atoms with E-state index in [0.29, 0.717) is 44.5 Å². The largest absolute Gasteiger partial charge is 0.493 e. The molecule has 0 aliphatic rings. The summed E-state index contributed by atoms with van der Waals surface area (Å²) in [6, 6.07) is 29.4. The predicted octanol–water partition coefficient (Wildman–Crippen LogP) is 8.03. The second-order valence-corrected chi connectivity index (χ2v) is 14.4. The summed E-state index contributed by atoms with van der Waals surface area (Å²) in [4.78, 5) is 67.7. The molecule has 1 aromatic heterocycles. The third kappa shape index (κ3) is 10.2. The highest BCUT2D eigenvalue weighted by molar-refractivity contribution is 8.00. The van der Waals surface area contributed by atoms with Gasteiger partial charge >= 0.3 is 5.97 Å². The van der Waals surface area contributed by atoms with Crippen LogP contribution in [0.25, 0.3) is 6.08 Å². The van der Waals surface area contributed by atoms with Crippen LogP contribution in [0.3, 0.4) is 0 Å². The van der Waals surface area contributed by atoms with Gasteiger partial charge in [0.2, 0.25) is 5.91 Å². The zero-order valence-corrected chi connectivity index (χ0v) is 32.9. The number of anilines is 3. The van der Waals surface area contributed by atoms with Crippen molar-refractivity contribution in [2.45, 2.75) is 30.9 Å². The van der Waals surface area contributed by atoms with Gasteiger partial charge in [-0.25, -0.2) is 4.79 Å². The number of hydrogen-bond donors (Lipinski definition) is 4. The number of para-hydroxylation sites is 2. The molecule has 0 spiro atoms. The first-order valence-electron chi connectivity index (χ1n) is 17.4. The SMILES string of the molecule is CCOC(=O)c1c(NC(=O)C(C)Sc2cccc(NC(=O)/C(=C\c3cccc(OC)c3OC)NC(=O)c3ccccc3)c2)sc(C(=O)Nc2ccccc2)c1C. The van der Waals surface area contributed by atoms with Crippen LogP contribution < -0.4 is 30.7 Å². The fraction of sp³-hybridized carbons (Fsp3) is 0.167. The maximum Gasteiger partial charge on any atom is 0.341 e. The van der Waals surface area contributed by atoms with Crippen molar-refractivity contribution in [3.63, 3.8) is 0 Å². The highest BCUT2D eigenvalue weighted by atomic mass is 32.2. The predicted molar refractivity (Wildman–Crippen MR) is 220 cm³/mol. The Kier molecular flexibility index (Phi) is 14.0. The number of esters is 1. The number of thioether (sulfide) groups is 1. The van der Waals surface area contributed by atoms with Gasteiger partial charge in [0.15, 0.2) is 11.5 Å². The van der Waals surface area contributed by atoms with Crippen LogP contribution in [0.1, 0.15) is 55.4 Å². The van der Waals surface area contributed by atoms with E-state index in [1.165, 1.54) is 32.1 Å². The molecule has 0 fully saturated rings. The van der Waals surface area contributed by atoms with Gasteiger partial charge in [0.05, 0.1) is 36.5 Å². The lowest BCUT2D eigenvalue weighted by Gasteiger charge is -2.15. The molecule has 56 heavy (non-hydrogen) atoms. The average Bonchev–Trinajstić information content (AvgIpc) is 3.53. The number of amides is 4. The van der Waals surface area contributed by atoms with Crippen molar-refractivity contribution >= 4 is 75.1 Å². The Hall–Kier alpha value is -6.38. The van der Waals surface area contributed by atoms with E-state index in [4.69, 9.17) is 14.2 Å². The minimum Gasteiger partial charge on any atom is -0.493 e. The molecule has 288 valence electrons. The van der Waals surface area contributed by atoms with Crippen molar-refractivity contribution in [1.29, 1.82) is 0 Å². The fourth-order valence-corrected chi connectivity index (χ4v) is 7.44. The van der Waals surface area contributed by atoms with E-state index in [1.807, 2.05) is 6.07 Å². The van der Waals surface area contributed by atoms with Gasteiger partial charge in [-0.2, -0.15) is 0 Å².